The van der Waals surface area contributed by atoms with Crippen LogP contribution < -0.4 is 0 Å². The molecular weight excluding hydrogens is 238 g/mol. The van der Waals surface area contributed by atoms with Crippen molar-refractivity contribution in [3.8, 4) is 0 Å². The van der Waals surface area contributed by atoms with Crippen LogP contribution in [0.3, 0.4) is 0 Å². The second kappa shape index (κ2) is 5.14. The van der Waals surface area contributed by atoms with Gasteiger partial charge in [-0.15, -0.1) is 0 Å². The molecule has 1 aromatic carbocycles. The fourth-order valence-corrected chi connectivity index (χ4v) is 1.76. The standard InChI is InChI=1S/C12H13NO5/c1-8-2-7-11(17-8)18-12(14)9-3-5-10(6-4-9)13(15)16/h3-6,8,11H,2,7H2,1H3/t8-,11?/m1/s1. The lowest BCUT2D eigenvalue weighted by atomic mass is 10.2. The van der Waals surface area contributed by atoms with E-state index < -0.39 is 17.2 Å². The average molecular weight is 251 g/mol. The predicted molar refractivity (Wildman–Crippen MR) is 62.1 cm³/mol. The minimum Gasteiger partial charge on any atom is -0.432 e. The number of benzene rings is 1. The molecule has 1 saturated heterocycles. The molecule has 0 aliphatic carbocycles. The smallest absolute Gasteiger partial charge is 0.340 e. The molecule has 1 aliphatic heterocycles. The van der Waals surface area contributed by atoms with Crippen molar-refractivity contribution in [2.45, 2.75) is 32.2 Å². The molecule has 1 fully saturated rings. The Hall–Kier alpha value is -1.95. The van der Waals surface area contributed by atoms with Crippen LogP contribution in [0.25, 0.3) is 0 Å². The molecule has 1 aliphatic rings. The highest BCUT2D eigenvalue weighted by molar-refractivity contribution is 5.89. The van der Waals surface area contributed by atoms with E-state index in [0.717, 1.165) is 6.42 Å². The molecular formula is C12H13NO5. The van der Waals surface area contributed by atoms with Gasteiger partial charge >= 0.3 is 5.97 Å². The van der Waals surface area contributed by atoms with Crippen LogP contribution in [-0.2, 0) is 9.47 Å². The van der Waals surface area contributed by atoms with E-state index in [2.05, 4.69) is 0 Å². The fraction of sp³-hybridized carbons (Fsp3) is 0.417. The van der Waals surface area contributed by atoms with Gasteiger partial charge in [-0.25, -0.2) is 4.79 Å². The third-order valence-electron chi connectivity index (χ3n) is 2.75. The van der Waals surface area contributed by atoms with Crippen molar-refractivity contribution in [3.05, 3.63) is 39.9 Å². The predicted octanol–water partition coefficient (Wildman–Crippen LogP) is 2.28. The van der Waals surface area contributed by atoms with Crippen LogP contribution in [0, 0.1) is 10.1 Å². The second-order valence-corrected chi connectivity index (χ2v) is 4.16. The molecule has 1 unspecified atom stereocenters. The van der Waals surface area contributed by atoms with Gasteiger partial charge in [-0.1, -0.05) is 0 Å². The van der Waals surface area contributed by atoms with Gasteiger partial charge in [0.25, 0.3) is 5.69 Å². The van der Waals surface area contributed by atoms with Gasteiger partial charge in [0.05, 0.1) is 16.6 Å². The fourth-order valence-electron chi connectivity index (χ4n) is 1.76. The van der Waals surface area contributed by atoms with Gasteiger partial charge in [0.1, 0.15) is 0 Å². The lowest BCUT2D eigenvalue weighted by Crippen LogP contribution is -2.18. The maximum atomic E-state index is 11.7. The molecule has 18 heavy (non-hydrogen) atoms. The van der Waals surface area contributed by atoms with E-state index in [1.54, 1.807) is 0 Å². The highest BCUT2D eigenvalue weighted by atomic mass is 16.7. The monoisotopic (exact) mass is 251 g/mol. The number of hydrogen-bond acceptors (Lipinski definition) is 5. The van der Waals surface area contributed by atoms with Crippen molar-refractivity contribution in [3.63, 3.8) is 0 Å². The second-order valence-electron chi connectivity index (χ2n) is 4.16. The molecule has 0 amide bonds. The van der Waals surface area contributed by atoms with E-state index in [-0.39, 0.29) is 17.4 Å². The Labute approximate surface area is 104 Å². The highest BCUT2D eigenvalue weighted by Gasteiger charge is 2.25. The maximum Gasteiger partial charge on any atom is 0.340 e. The van der Waals surface area contributed by atoms with E-state index in [4.69, 9.17) is 9.47 Å². The highest BCUT2D eigenvalue weighted by Crippen LogP contribution is 2.21. The molecule has 6 nitrogen and oxygen atoms in total. The average Bonchev–Trinajstić information content (AvgIpc) is 2.75. The van der Waals surface area contributed by atoms with Gasteiger partial charge in [-0.05, 0) is 25.5 Å². The number of hydrogen-bond donors (Lipinski definition) is 0. The summed E-state index contributed by atoms with van der Waals surface area (Å²) in [5.41, 5.74) is 0.223. The quantitative estimate of drug-likeness (QED) is 0.467. The SMILES string of the molecule is C[C@@H]1CCC(OC(=O)c2ccc([N+](=O)[O-])cc2)O1. The van der Waals surface area contributed by atoms with Gasteiger partial charge in [0, 0.05) is 18.6 Å². The zero-order valence-corrected chi connectivity index (χ0v) is 9.87. The molecule has 1 aromatic rings. The summed E-state index contributed by atoms with van der Waals surface area (Å²) < 4.78 is 10.5. The van der Waals surface area contributed by atoms with Crippen LogP contribution in [0.1, 0.15) is 30.1 Å². The van der Waals surface area contributed by atoms with Crippen LogP contribution in [0.15, 0.2) is 24.3 Å². The zero-order chi connectivity index (χ0) is 13.1. The van der Waals surface area contributed by atoms with Crippen molar-refractivity contribution in [2.75, 3.05) is 0 Å². The van der Waals surface area contributed by atoms with E-state index in [9.17, 15) is 14.9 Å². The van der Waals surface area contributed by atoms with E-state index in [0.29, 0.717) is 6.42 Å². The summed E-state index contributed by atoms with van der Waals surface area (Å²) in [6, 6.07) is 5.29. The molecule has 1 heterocycles. The van der Waals surface area contributed by atoms with Crippen LogP contribution in [0.5, 0.6) is 0 Å². The Morgan fingerprint density at radius 2 is 2.06 bits per heavy atom. The number of nitro groups is 1. The first-order valence-corrected chi connectivity index (χ1v) is 5.67. The first-order chi connectivity index (χ1) is 8.56. The molecule has 2 rings (SSSR count). The number of nitrogens with zero attached hydrogens (tertiary/aromatic N) is 1. The van der Waals surface area contributed by atoms with Crippen molar-refractivity contribution in [2.24, 2.45) is 0 Å². The Morgan fingerprint density at radius 3 is 2.56 bits per heavy atom. The summed E-state index contributed by atoms with van der Waals surface area (Å²) in [4.78, 5) is 21.7. The summed E-state index contributed by atoms with van der Waals surface area (Å²) >= 11 is 0. The summed E-state index contributed by atoms with van der Waals surface area (Å²) in [5.74, 6) is -0.524. The number of ether oxygens (including phenoxy) is 2. The summed E-state index contributed by atoms with van der Waals surface area (Å²) in [6.45, 7) is 1.92. The summed E-state index contributed by atoms with van der Waals surface area (Å²) in [6.07, 6.45) is 1.13. The molecule has 0 bridgehead atoms. The summed E-state index contributed by atoms with van der Waals surface area (Å²) in [7, 11) is 0. The zero-order valence-electron chi connectivity index (χ0n) is 9.87. The normalized spacial score (nSPS) is 22.7. The minimum atomic E-state index is -0.524. The van der Waals surface area contributed by atoms with Gasteiger partial charge in [-0.2, -0.15) is 0 Å². The first-order valence-electron chi connectivity index (χ1n) is 5.67. The minimum absolute atomic E-state index is 0.0581. The van der Waals surface area contributed by atoms with E-state index in [1.807, 2.05) is 6.92 Å². The van der Waals surface area contributed by atoms with Gasteiger partial charge in [-0.3, -0.25) is 10.1 Å². The molecule has 0 N–H and O–H groups in total. The summed E-state index contributed by atoms with van der Waals surface area (Å²) in [5, 5.41) is 10.5. The van der Waals surface area contributed by atoms with Gasteiger partial charge in [0.2, 0.25) is 6.29 Å². The molecule has 96 valence electrons. The molecule has 0 aromatic heterocycles. The molecule has 2 atom stereocenters. The lowest BCUT2D eigenvalue weighted by molar-refractivity contribution is -0.384. The Balaban J connectivity index is 1.98. The first kappa shape index (κ1) is 12.5. The molecule has 6 heteroatoms. The van der Waals surface area contributed by atoms with Crippen LogP contribution in [0.2, 0.25) is 0 Å². The van der Waals surface area contributed by atoms with Crippen molar-refractivity contribution in [1.82, 2.24) is 0 Å². The maximum absolute atomic E-state index is 11.7. The number of carbonyl (C=O) groups excluding carboxylic acids is 1. The largest absolute Gasteiger partial charge is 0.432 e. The topological polar surface area (TPSA) is 78.7 Å². The van der Waals surface area contributed by atoms with Crippen molar-refractivity contribution >= 4 is 11.7 Å². The van der Waals surface area contributed by atoms with Crippen molar-refractivity contribution in [1.29, 1.82) is 0 Å². The van der Waals surface area contributed by atoms with Crippen molar-refractivity contribution < 1.29 is 19.2 Å². The Kier molecular flexibility index (Phi) is 3.57. The number of nitro benzene ring substituents is 1. The van der Waals surface area contributed by atoms with Gasteiger partial charge in [0.15, 0.2) is 0 Å². The molecule has 0 saturated carbocycles. The third-order valence-corrected chi connectivity index (χ3v) is 2.75. The van der Waals surface area contributed by atoms with Gasteiger partial charge < -0.3 is 9.47 Å². The Bertz CT molecular complexity index is 456. The van der Waals surface area contributed by atoms with Crippen LogP contribution >= 0.6 is 0 Å². The number of esters is 1. The lowest BCUT2D eigenvalue weighted by Gasteiger charge is -2.12. The van der Waals surface area contributed by atoms with Crippen LogP contribution in [0.4, 0.5) is 5.69 Å². The number of carbonyl (C=O) groups is 1. The van der Waals surface area contributed by atoms with E-state index >= 15 is 0 Å². The molecule has 0 spiro atoms. The number of rotatable bonds is 3. The van der Waals surface area contributed by atoms with E-state index in [1.165, 1.54) is 24.3 Å². The third kappa shape index (κ3) is 2.84. The Morgan fingerprint density at radius 1 is 1.39 bits per heavy atom. The molecule has 0 radical (unpaired) electrons. The number of non-ortho nitro benzene ring substituents is 1. The van der Waals surface area contributed by atoms with Crippen LogP contribution in [-0.4, -0.2) is 23.3 Å².